The minimum absolute atomic E-state index is 0.559. The van der Waals surface area contributed by atoms with E-state index in [4.69, 9.17) is 12.2 Å². The van der Waals surface area contributed by atoms with E-state index in [0.717, 1.165) is 18.8 Å². The molecule has 5 heteroatoms. The van der Waals surface area contributed by atoms with E-state index in [2.05, 4.69) is 47.7 Å². The smallest absolute Gasteiger partial charge is 0.195 e. The van der Waals surface area contributed by atoms with Crippen LogP contribution in [0.2, 0.25) is 0 Å². The Balaban J connectivity index is 2.41. The van der Waals surface area contributed by atoms with Crippen molar-refractivity contribution in [3.8, 4) is 10.7 Å². The number of thiophene rings is 1. The van der Waals surface area contributed by atoms with Gasteiger partial charge in [0, 0.05) is 11.4 Å². The highest BCUT2D eigenvalue weighted by Gasteiger charge is 2.11. The van der Waals surface area contributed by atoms with Gasteiger partial charge in [0.05, 0.1) is 4.88 Å². The molecular weight excluding hydrogens is 250 g/mol. The number of aromatic nitrogens is 3. The molecule has 0 aliphatic rings. The Hall–Kier alpha value is -0.940. The van der Waals surface area contributed by atoms with Crippen LogP contribution < -0.4 is 0 Å². The van der Waals surface area contributed by atoms with Crippen LogP contribution >= 0.6 is 23.6 Å². The number of rotatable bonds is 4. The molecule has 0 radical (unpaired) electrons. The van der Waals surface area contributed by atoms with Gasteiger partial charge in [-0.1, -0.05) is 20.8 Å². The molecule has 1 N–H and O–H groups in total. The highest BCUT2D eigenvalue weighted by molar-refractivity contribution is 7.71. The summed E-state index contributed by atoms with van der Waals surface area (Å²) >= 11 is 7.07. The van der Waals surface area contributed by atoms with Gasteiger partial charge in [-0.2, -0.15) is 5.10 Å². The van der Waals surface area contributed by atoms with Gasteiger partial charge in [-0.25, -0.2) is 0 Å². The average Bonchev–Trinajstić information content (AvgIpc) is 2.86. The Morgan fingerprint density at radius 1 is 1.47 bits per heavy atom. The van der Waals surface area contributed by atoms with Crippen molar-refractivity contribution in [1.29, 1.82) is 0 Å². The molecule has 0 unspecified atom stereocenters. The van der Waals surface area contributed by atoms with Crippen LogP contribution in [0, 0.1) is 10.7 Å². The van der Waals surface area contributed by atoms with Crippen LogP contribution in [0.15, 0.2) is 12.1 Å². The first-order valence-electron chi connectivity index (χ1n) is 5.86. The van der Waals surface area contributed by atoms with Gasteiger partial charge >= 0.3 is 0 Å². The summed E-state index contributed by atoms with van der Waals surface area (Å²) in [5, 5.41) is 7.23. The SMILES string of the molecule is CCc1ccc(-c2n[nH]c(=S)n2CC(C)C)s1. The maximum Gasteiger partial charge on any atom is 0.195 e. The number of aryl methyl sites for hydroxylation is 1. The van der Waals surface area contributed by atoms with Crippen molar-refractivity contribution in [3.63, 3.8) is 0 Å². The first-order valence-corrected chi connectivity index (χ1v) is 7.08. The lowest BCUT2D eigenvalue weighted by Crippen LogP contribution is -2.05. The second kappa shape index (κ2) is 5.14. The van der Waals surface area contributed by atoms with Crippen LogP contribution in [0.5, 0.6) is 0 Å². The summed E-state index contributed by atoms with van der Waals surface area (Å²) in [5.41, 5.74) is 0. The summed E-state index contributed by atoms with van der Waals surface area (Å²) in [6, 6.07) is 4.29. The molecule has 0 bridgehead atoms. The third kappa shape index (κ3) is 2.66. The van der Waals surface area contributed by atoms with Gasteiger partial charge in [-0.3, -0.25) is 9.67 Å². The number of aromatic amines is 1. The molecule has 0 fully saturated rings. The van der Waals surface area contributed by atoms with Crippen molar-refractivity contribution in [2.45, 2.75) is 33.7 Å². The van der Waals surface area contributed by atoms with E-state index in [9.17, 15) is 0 Å². The zero-order valence-electron chi connectivity index (χ0n) is 10.4. The quantitative estimate of drug-likeness (QED) is 0.853. The average molecular weight is 267 g/mol. The normalized spacial score (nSPS) is 11.3. The van der Waals surface area contributed by atoms with E-state index in [1.165, 1.54) is 9.75 Å². The summed E-state index contributed by atoms with van der Waals surface area (Å²) in [4.78, 5) is 2.57. The highest BCUT2D eigenvalue weighted by Crippen LogP contribution is 2.27. The Kier molecular flexibility index (Phi) is 3.79. The number of H-pyrrole nitrogens is 1. The molecule has 17 heavy (non-hydrogen) atoms. The van der Waals surface area contributed by atoms with E-state index in [0.29, 0.717) is 10.7 Å². The van der Waals surface area contributed by atoms with Gasteiger partial charge in [0.25, 0.3) is 0 Å². The fraction of sp³-hybridized carbons (Fsp3) is 0.500. The molecule has 3 nitrogen and oxygen atoms in total. The van der Waals surface area contributed by atoms with Gasteiger partial charge < -0.3 is 0 Å². The van der Waals surface area contributed by atoms with Crippen LogP contribution in [-0.2, 0) is 13.0 Å². The topological polar surface area (TPSA) is 33.6 Å². The largest absolute Gasteiger partial charge is 0.299 e. The van der Waals surface area contributed by atoms with E-state index in [1.54, 1.807) is 11.3 Å². The van der Waals surface area contributed by atoms with Crippen molar-refractivity contribution >= 4 is 23.6 Å². The molecule has 2 rings (SSSR count). The second-order valence-corrected chi connectivity index (χ2v) is 6.03. The summed E-state index contributed by atoms with van der Waals surface area (Å²) in [6.07, 6.45) is 1.07. The Labute approximate surface area is 111 Å². The van der Waals surface area contributed by atoms with Crippen LogP contribution in [0.4, 0.5) is 0 Å². The number of nitrogens with one attached hydrogen (secondary N) is 1. The summed E-state index contributed by atoms with van der Waals surface area (Å²) in [7, 11) is 0. The fourth-order valence-corrected chi connectivity index (χ4v) is 2.88. The molecule has 0 aromatic carbocycles. The number of nitrogens with zero attached hydrogens (tertiary/aromatic N) is 2. The maximum atomic E-state index is 5.28. The van der Waals surface area contributed by atoms with Crippen molar-refractivity contribution in [2.24, 2.45) is 5.92 Å². The molecule has 0 aliphatic carbocycles. The standard InChI is InChI=1S/C12H17N3S2/c1-4-9-5-6-10(17-9)11-13-14-12(16)15(11)7-8(2)3/h5-6,8H,4,7H2,1-3H3,(H,14,16). The van der Waals surface area contributed by atoms with Crippen molar-refractivity contribution in [1.82, 2.24) is 14.8 Å². The van der Waals surface area contributed by atoms with Crippen molar-refractivity contribution in [3.05, 3.63) is 21.8 Å². The lowest BCUT2D eigenvalue weighted by molar-refractivity contribution is 0.522. The van der Waals surface area contributed by atoms with E-state index in [1.807, 2.05) is 0 Å². The van der Waals surface area contributed by atoms with Crippen LogP contribution in [0.3, 0.4) is 0 Å². The monoisotopic (exact) mass is 267 g/mol. The molecule has 0 aliphatic heterocycles. The predicted molar refractivity (Wildman–Crippen MR) is 74.9 cm³/mol. The second-order valence-electron chi connectivity index (χ2n) is 4.48. The summed E-state index contributed by atoms with van der Waals surface area (Å²) < 4.78 is 2.80. The zero-order valence-corrected chi connectivity index (χ0v) is 12.0. The first kappa shape index (κ1) is 12.5. The number of hydrogen-bond acceptors (Lipinski definition) is 3. The van der Waals surface area contributed by atoms with Gasteiger partial charge in [-0.15, -0.1) is 11.3 Å². The molecule has 0 saturated heterocycles. The van der Waals surface area contributed by atoms with Gasteiger partial charge in [0.15, 0.2) is 10.6 Å². The highest BCUT2D eigenvalue weighted by atomic mass is 32.1. The minimum atomic E-state index is 0.559. The minimum Gasteiger partial charge on any atom is -0.299 e. The van der Waals surface area contributed by atoms with Crippen molar-refractivity contribution < 1.29 is 0 Å². The fourth-order valence-electron chi connectivity index (χ4n) is 1.73. The number of hydrogen-bond donors (Lipinski definition) is 1. The maximum absolute atomic E-state index is 5.28. The zero-order chi connectivity index (χ0) is 12.4. The molecule has 0 saturated carbocycles. The Morgan fingerprint density at radius 2 is 2.24 bits per heavy atom. The van der Waals surface area contributed by atoms with Crippen LogP contribution in [0.25, 0.3) is 10.7 Å². The van der Waals surface area contributed by atoms with E-state index < -0.39 is 0 Å². The molecule has 0 spiro atoms. The van der Waals surface area contributed by atoms with Gasteiger partial charge in [-0.05, 0) is 36.7 Å². The Bertz CT molecular complexity index is 548. The first-order chi connectivity index (χ1) is 8.11. The van der Waals surface area contributed by atoms with E-state index >= 15 is 0 Å². The molecular formula is C12H17N3S2. The lowest BCUT2D eigenvalue weighted by atomic mass is 10.2. The van der Waals surface area contributed by atoms with Crippen molar-refractivity contribution in [2.75, 3.05) is 0 Å². The molecule has 92 valence electrons. The molecule has 2 aromatic rings. The lowest BCUT2D eigenvalue weighted by Gasteiger charge is -2.07. The van der Waals surface area contributed by atoms with E-state index in [-0.39, 0.29) is 0 Å². The summed E-state index contributed by atoms with van der Waals surface area (Å²) in [6.45, 7) is 7.44. The molecule has 0 amide bonds. The third-order valence-electron chi connectivity index (χ3n) is 2.54. The molecule has 2 heterocycles. The third-order valence-corrected chi connectivity index (χ3v) is 4.07. The summed E-state index contributed by atoms with van der Waals surface area (Å²) in [5.74, 6) is 1.53. The van der Waals surface area contributed by atoms with Crippen LogP contribution in [-0.4, -0.2) is 14.8 Å². The predicted octanol–water partition coefficient (Wildman–Crippen LogP) is 3.89. The van der Waals surface area contributed by atoms with Crippen LogP contribution in [0.1, 0.15) is 25.6 Å². The Morgan fingerprint density at radius 3 is 2.82 bits per heavy atom. The van der Waals surface area contributed by atoms with Gasteiger partial charge in [0.1, 0.15) is 0 Å². The molecule has 0 atom stereocenters. The van der Waals surface area contributed by atoms with Gasteiger partial charge in [0.2, 0.25) is 0 Å². The molecule has 2 aromatic heterocycles.